The fourth-order valence-electron chi connectivity index (χ4n) is 2.73. The Labute approximate surface area is 127 Å². The lowest BCUT2D eigenvalue weighted by molar-refractivity contribution is 0.0697. The third-order valence-corrected chi connectivity index (χ3v) is 3.99. The lowest BCUT2D eigenvalue weighted by atomic mass is 9.88. The summed E-state index contributed by atoms with van der Waals surface area (Å²) in [5.41, 5.74) is 2.83. The topological polar surface area (TPSA) is 62.2 Å². The van der Waals surface area contributed by atoms with Gasteiger partial charge >= 0.3 is 5.97 Å². The van der Waals surface area contributed by atoms with Gasteiger partial charge in [0, 0.05) is 6.04 Å². The van der Waals surface area contributed by atoms with Gasteiger partial charge in [-0.3, -0.25) is 0 Å². The van der Waals surface area contributed by atoms with E-state index in [1.54, 1.807) is 0 Å². The maximum absolute atomic E-state index is 11.3. The molecule has 108 valence electrons. The minimum atomic E-state index is -1.00. The monoisotopic (exact) mass is 302 g/mol. The van der Waals surface area contributed by atoms with Crippen LogP contribution in [-0.2, 0) is 12.8 Å². The molecule has 1 unspecified atom stereocenters. The number of nitrogens with one attached hydrogen (secondary N) is 1. The van der Waals surface area contributed by atoms with Gasteiger partial charge in [-0.05, 0) is 42.5 Å². The highest BCUT2D eigenvalue weighted by molar-refractivity contribution is 6.29. The first-order valence-electron chi connectivity index (χ1n) is 6.86. The van der Waals surface area contributed by atoms with Crippen molar-refractivity contribution < 1.29 is 9.90 Å². The number of pyridine rings is 1. The third kappa shape index (κ3) is 3.00. The van der Waals surface area contributed by atoms with Gasteiger partial charge in [-0.2, -0.15) is 0 Å². The predicted molar refractivity (Wildman–Crippen MR) is 82.1 cm³/mol. The Kier molecular flexibility index (Phi) is 3.80. The minimum absolute atomic E-state index is 0.151. The summed E-state index contributed by atoms with van der Waals surface area (Å²) in [6.07, 6.45) is 2.80. The van der Waals surface area contributed by atoms with Gasteiger partial charge in [0.1, 0.15) is 16.5 Å². The van der Waals surface area contributed by atoms with E-state index in [2.05, 4.69) is 22.4 Å². The fourth-order valence-corrected chi connectivity index (χ4v) is 2.88. The summed E-state index contributed by atoms with van der Waals surface area (Å²) in [5.74, 6) is -0.655. The van der Waals surface area contributed by atoms with Crippen molar-refractivity contribution in [2.45, 2.75) is 25.3 Å². The van der Waals surface area contributed by atoms with E-state index in [9.17, 15) is 9.90 Å². The normalized spacial score (nSPS) is 17.1. The molecule has 0 radical (unpaired) electrons. The molecular formula is C16H15ClN2O2. The standard InChI is InChI=1S/C16H15ClN2O2/c17-14-8-7-13(16(20)21)15(19-14)18-12-6-5-10-3-1-2-4-11(10)9-12/h1-4,7-8,12H,5-6,9H2,(H,18,19)(H,20,21). The zero-order valence-corrected chi connectivity index (χ0v) is 12.1. The quantitative estimate of drug-likeness (QED) is 0.853. The van der Waals surface area contributed by atoms with Crippen LogP contribution < -0.4 is 5.32 Å². The van der Waals surface area contributed by atoms with Crippen LogP contribution in [0.5, 0.6) is 0 Å². The van der Waals surface area contributed by atoms with E-state index in [0.717, 1.165) is 19.3 Å². The third-order valence-electron chi connectivity index (χ3n) is 3.78. The van der Waals surface area contributed by atoms with Crippen molar-refractivity contribution in [3.05, 3.63) is 58.2 Å². The van der Waals surface area contributed by atoms with Gasteiger partial charge in [-0.15, -0.1) is 0 Å². The van der Waals surface area contributed by atoms with Crippen LogP contribution in [0.15, 0.2) is 36.4 Å². The zero-order valence-electron chi connectivity index (χ0n) is 11.3. The number of fused-ring (bicyclic) bond motifs is 1. The maximum atomic E-state index is 11.3. The Balaban J connectivity index is 1.82. The first kappa shape index (κ1) is 13.9. The molecule has 21 heavy (non-hydrogen) atoms. The number of hydrogen-bond donors (Lipinski definition) is 2. The average Bonchev–Trinajstić information content (AvgIpc) is 2.47. The van der Waals surface area contributed by atoms with E-state index >= 15 is 0 Å². The Bertz CT molecular complexity index is 688. The van der Waals surface area contributed by atoms with E-state index in [1.165, 1.54) is 23.3 Å². The van der Waals surface area contributed by atoms with Crippen LogP contribution in [0.1, 0.15) is 27.9 Å². The van der Waals surface area contributed by atoms with E-state index in [4.69, 9.17) is 11.6 Å². The highest BCUT2D eigenvalue weighted by Gasteiger charge is 2.21. The highest BCUT2D eigenvalue weighted by Crippen LogP contribution is 2.25. The van der Waals surface area contributed by atoms with Crippen molar-refractivity contribution in [2.24, 2.45) is 0 Å². The van der Waals surface area contributed by atoms with Crippen LogP contribution >= 0.6 is 11.6 Å². The first-order valence-corrected chi connectivity index (χ1v) is 7.24. The van der Waals surface area contributed by atoms with Crippen LogP contribution in [0.25, 0.3) is 0 Å². The molecule has 3 rings (SSSR count). The number of carboxylic acid groups (broad SMARTS) is 1. The van der Waals surface area contributed by atoms with Gasteiger partial charge in [0.05, 0.1) is 0 Å². The molecule has 1 aliphatic carbocycles. The van der Waals surface area contributed by atoms with Gasteiger partial charge in [-0.1, -0.05) is 35.9 Å². The molecule has 1 aromatic heterocycles. The second kappa shape index (κ2) is 5.74. The van der Waals surface area contributed by atoms with Crippen LogP contribution in [0.3, 0.4) is 0 Å². The van der Waals surface area contributed by atoms with Crippen molar-refractivity contribution in [3.63, 3.8) is 0 Å². The van der Waals surface area contributed by atoms with Gasteiger partial charge in [0.2, 0.25) is 0 Å². The lowest BCUT2D eigenvalue weighted by Crippen LogP contribution is -2.28. The number of carboxylic acids is 1. The number of aromatic carboxylic acids is 1. The zero-order chi connectivity index (χ0) is 14.8. The van der Waals surface area contributed by atoms with Crippen molar-refractivity contribution >= 4 is 23.4 Å². The van der Waals surface area contributed by atoms with Gasteiger partial charge in [0.15, 0.2) is 0 Å². The first-order chi connectivity index (χ1) is 10.1. The summed E-state index contributed by atoms with van der Waals surface area (Å²) in [5, 5.41) is 12.7. The van der Waals surface area contributed by atoms with E-state index < -0.39 is 5.97 Å². The maximum Gasteiger partial charge on any atom is 0.339 e. The number of rotatable bonds is 3. The Morgan fingerprint density at radius 1 is 1.24 bits per heavy atom. The number of nitrogens with zero attached hydrogens (tertiary/aromatic N) is 1. The van der Waals surface area contributed by atoms with E-state index in [0.29, 0.717) is 11.0 Å². The number of carbonyl (C=O) groups is 1. The molecule has 0 spiro atoms. The molecule has 2 aromatic rings. The Morgan fingerprint density at radius 2 is 2.00 bits per heavy atom. The number of anilines is 1. The summed E-state index contributed by atoms with van der Waals surface area (Å²) in [7, 11) is 0. The second-order valence-electron chi connectivity index (χ2n) is 5.19. The number of aryl methyl sites for hydroxylation is 1. The molecule has 2 N–H and O–H groups in total. The Hall–Kier alpha value is -2.07. The minimum Gasteiger partial charge on any atom is -0.478 e. The molecule has 5 heteroatoms. The molecule has 4 nitrogen and oxygen atoms in total. The molecule has 0 amide bonds. The molecule has 0 fully saturated rings. The molecular weight excluding hydrogens is 288 g/mol. The molecule has 1 atom stereocenters. The lowest BCUT2D eigenvalue weighted by Gasteiger charge is -2.26. The summed E-state index contributed by atoms with van der Waals surface area (Å²) in [6.45, 7) is 0. The SMILES string of the molecule is O=C(O)c1ccc(Cl)nc1NC1CCc2ccccc2C1. The van der Waals surface area contributed by atoms with Crippen molar-refractivity contribution in [1.29, 1.82) is 0 Å². The number of benzene rings is 1. The second-order valence-corrected chi connectivity index (χ2v) is 5.58. The largest absolute Gasteiger partial charge is 0.478 e. The fraction of sp³-hybridized carbons (Fsp3) is 0.250. The predicted octanol–water partition coefficient (Wildman–Crippen LogP) is 3.40. The van der Waals surface area contributed by atoms with Gasteiger partial charge in [-0.25, -0.2) is 9.78 Å². The summed E-state index contributed by atoms with van der Waals surface area (Å²) in [6, 6.07) is 11.5. The Morgan fingerprint density at radius 3 is 2.76 bits per heavy atom. The molecule has 0 saturated carbocycles. The summed E-state index contributed by atoms with van der Waals surface area (Å²) < 4.78 is 0. The summed E-state index contributed by atoms with van der Waals surface area (Å²) >= 11 is 5.88. The molecule has 0 aliphatic heterocycles. The summed E-state index contributed by atoms with van der Waals surface area (Å²) in [4.78, 5) is 15.4. The van der Waals surface area contributed by atoms with Crippen LogP contribution in [0, 0.1) is 0 Å². The smallest absolute Gasteiger partial charge is 0.339 e. The number of aromatic nitrogens is 1. The van der Waals surface area contributed by atoms with Gasteiger partial charge in [0.25, 0.3) is 0 Å². The highest BCUT2D eigenvalue weighted by atomic mass is 35.5. The van der Waals surface area contributed by atoms with Crippen LogP contribution in [0.2, 0.25) is 5.15 Å². The molecule has 0 saturated heterocycles. The van der Waals surface area contributed by atoms with Crippen molar-refractivity contribution in [1.82, 2.24) is 4.98 Å². The van der Waals surface area contributed by atoms with E-state index in [-0.39, 0.29) is 11.6 Å². The van der Waals surface area contributed by atoms with Crippen molar-refractivity contribution in [3.8, 4) is 0 Å². The molecule has 1 aromatic carbocycles. The van der Waals surface area contributed by atoms with E-state index in [1.807, 2.05) is 12.1 Å². The van der Waals surface area contributed by atoms with Crippen molar-refractivity contribution in [2.75, 3.05) is 5.32 Å². The molecule has 1 aliphatic rings. The van der Waals surface area contributed by atoms with Crippen LogP contribution in [-0.4, -0.2) is 22.1 Å². The average molecular weight is 303 g/mol. The molecule has 1 heterocycles. The van der Waals surface area contributed by atoms with Gasteiger partial charge < -0.3 is 10.4 Å². The van der Waals surface area contributed by atoms with Crippen LogP contribution in [0.4, 0.5) is 5.82 Å². The number of hydrogen-bond acceptors (Lipinski definition) is 3. The number of halogens is 1. The molecule has 0 bridgehead atoms.